The van der Waals surface area contributed by atoms with E-state index in [4.69, 9.17) is 0 Å². The number of H-pyrrole nitrogens is 1. The molecule has 1 amide bonds. The summed E-state index contributed by atoms with van der Waals surface area (Å²) in [4.78, 5) is 17.7. The lowest BCUT2D eigenvalue weighted by Crippen LogP contribution is -2.30. The number of amides is 1. The zero-order chi connectivity index (χ0) is 14.2. The summed E-state index contributed by atoms with van der Waals surface area (Å²) in [5.41, 5.74) is 4.52. The highest BCUT2D eigenvalue weighted by Crippen LogP contribution is 2.28. The third kappa shape index (κ3) is 2.11. The standard InChI is InChI=1S/C18H16N2O/c21-18(20-10-8-14-3-1-2-4-17(14)20)12-13-5-6-16-15(11-13)7-9-19-16/h1-7,9,11,19H,8,10,12H2. The van der Waals surface area contributed by atoms with Crippen molar-refractivity contribution >= 4 is 22.5 Å². The maximum absolute atomic E-state index is 12.6. The van der Waals surface area contributed by atoms with Crippen LogP contribution in [-0.4, -0.2) is 17.4 Å². The van der Waals surface area contributed by atoms with E-state index in [2.05, 4.69) is 17.1 Å². The molecule has 0 spiro atoms. The average Bonchev–Trinajstić information content (AvgIpc) is 3.13. The van der Waals surface area contributed by atoms with Gasteiger partial charge >= 0.3 is 0 Å². The molecule has 4 rings (SSSR count). The Morgan fingerprint density at radius 1 is 1.14 bits per heavy atom. The van der Waals surface area contributed by atoms with Crippen molar-refractivity contribution in [3.8, 4) is 0 Å². The van der Waals surface area contributed by atoms with Crippen molar-refractivity contribution in [2.24, 2.45) is 0 Å². The summed E-state index contributed by atoms with van der Waals surface area (Å²) >= 11 is 0. The van der Waals surface area contributed by atoms with E-state index in [1.165, 1.54) is 5.56 Å². The summed E-state index contributed by atoms with van der Waals surface area (Å²) in [6.45, 7) is 0.796. The first-order valence-electron chi connectivity index (χ1n) is 7.25. The van der Waals surface area contributed by atoms with Crippen LogP contribution in [0.1, 0.15) is 11.1 Å². The van der Waals surface area contributed by atoms with Gasteiger partial charge in [-0.3, -0.25) is 4.79 Å². The number of fused-ring (bicyclic) bond motifs is 2. The first-order valence-corrected chi connectivity index (χ1v) is 7.25. The maximum atomic E-state index is 12.6. The maximum Gasteiger partial charge on any atom is 0.231 e. The van der Waals surface area contributed by atoms with Gasteiger partial charge in [0.15, 0.2) is 0 Å². The molecule has 0 saturated carbocycles. The monoisotopic (exact) mass is 276 g/mol. The first kappa shape index (κ1) is 12.2. The number of anilines is 1. The number of aromatic nitrogens is 1. The van der Waals surface area contributed by atoms with Crippen LogP contribution in [0.2, 0.25) is 0 Å². The van der Waals surface area contributed by atoms with Gasteiger partial charge in [0.25, 0.3) is 0 Å². The lowest BCUT2D eigenvalue weighted by molar-refractivity contribution is -0.117. The molecular weight excluding hydrogens is 260 g/mol. The molecule has 0 aliphatic carbocycles. The first-order chi connectivity index (χ1) is 10.3. The number of para-hydroxylation sites is 1. The van der Waals surface area contributed by atoms with E-state index in [0.717, 1.165) is 35.1 Å². The van der Waals surface area contributed by atoms with Crippen LogP contribution < -0.4 is 4.90 Å². The lowest BCUT2D eigenvalue weighted by Gasteiger charge is -2.17. The van der Waals surface area contributed by atoms with Crippen molar-refractivity contribution < 1.29 is 4.79 Å². The summed E-state index contributed by atoms with van der Waals surface area (Å²) < 4.78 is 0. The highest BCUT2D eigenvalue weighted by atomic mass is 16.2. The van der Waals surface area contributed by atoms with E-state index < -0.39 is 0 Å². The van der Waals surface area contributed by atoms with Crippen molar-refractivity contribution in [1.82, 2.24) is 4.98 Å². The highest BCUT2D eigenvalue weighted by molar-refractivity contribution is 5.97. The SMILES string of the molecule is O=C(Cc1ccc2[nH]ccc2c1)N1CCc2ccccc21. The topological polar surface area (TPSA) is 36.1 Å². The van der Waals surface area contributed by atoms with Gasteiger partial charge in [0.1, 0.15) is 0 Å². The molecule has 0 fully saturated rings. The number of hydrogen-bond donors (Lipinski definition) is 1. The van der Waals surface area contributed by atoms with Crippen LogP contribution in [0.3, 0.4) is 0 Å². The minimum atomic E-state index is 0.176. The van der Waals surface area contributed by atoms with Crippen LogP contribution in [0.5, 0.6) is 0 Å². The molecule has 0 bridgehead atoms. The summed E-state index contributed by atoms with van der Waals surface area (Å²) in [7, 11) is 0. The molecule has 0 atom stereocenters. The number of nitrogens with one attached hydrogen (secondary N) is 1. The van der Waals surface area contributed by atoms with Gasteiger partial charge in [-0.05, 0) is 47.2 Å². The Labute approximate surface area is 123 Å². The molecule has 0 radical (unpaired) electrons. The minimum Gasteiger partial charge on any atom is -0.361 e. The summed E-state index contributed by atoms with van der Waals surface area (Å²) in [5, 5.41) is 1.15. The van der Waals surface area contributed by atoms with E-state index in [0.29, 0.717) is 6.42 Å². The van der Waals surface area contributed by atoms with Gasteiger partial charge in [-0.2, -0.15) is 0 Å². The summed E-state index contributed by atoms with van der Waals surface area (Å²) in [6, 6.07) is 16.4. The zero-order valence-corrected chi connectivity index (χ0v) is 11.7. The van der Waals surface area contributed by atoms with Gasteiger partial charge in [0.05, 0.1) is 6.42 Å². The molecule has 104 valence electrons. The van der Waals surface area contributed by atoms with Crippen molar-refractivity contribution in [3.05, 3.63) is 65.9 Å². The fourth-order valence-electron chi connectivity index (χ4n) is 3.08. The Kier molecular flexibility index (Phi) is 2.78. The largest absolute Gasteiger partial charge is 0.361 e. The smallest absolute Gasteiger partial charge is 0.231 e. The van der Waals surface area contributed by atoms with Crippen LogP contribution >= 0.6 is 0 Å². The molecule has 0 unspecified atom stereocenters. The van der Waals surface area contributed by atoms with Gasteiger partial charge in [-0.15, -0.1) is 0 Å². The van der Waals surface area contributed by atoms with Crippen LogP contribution in [-0.2, 0) is 17.6 Å². The fourth-order valence-corrected chi connectivity index (χ4v) is 3.08. The Morgan fingerprint density at radius 2 is 2.05 bits per heavy atom. The van der Waals surface area contributed by atoms with Gasteiger partial charge in [-0.1, -0.05) is 24.3 Å². The minimum absolute atomic E-state index is 0.176. The molecule has 2 aromatic carbocycles. The van der Waals surface area contributed by atoms with Crippen molar-refractivity contribution in [3.63, 3.8) is 0 Å². The zero-order valence-electron chi connectivity index (χ0n) is 11.7. The van der Waals surface area contributed by atoms with Crippen molar-refractivity contribution in [2.45, 2.75) is 12.8 Å². The molecule has 1 aliphatic rings. The molecule has 3 heteroatoms. The Balaban J connectivity index is 1.58. The van der Waals surface area contributed by atoms with E-state index >= 15 is 0 Å². The van der Waals surface area contributed by atoms with Crippen LogP contribution in [0.25, 0.3) is 10.9 Å². The number of carbonyl (C=O) groups is 1. The molecule has 1 N–H and O–H groups in total. The Morgan fingerprint density at radius 3 is 3.00 bits per heavy atom. The van der Waals surface area contributed by atoms with E-state index in [1.807, 2.05) is 47.5 Å². The second kappa shape index (κ2) is 4.77. The fraction of sp³-hybridized carbons (Fsp3) is 0.167. The number of benzene rings is 2. The van der Waals surface area contributed by atoms with Crippen LogP contribution in [0.15, 0.2) is 54.7 Å². The summed E-state index contributed by atoms with van der Waals surface area (Å²) in [6.07, 6.45) is 3.33. The van der Waals surface area contributed by atoms with Gasteiger partial charge in [-0.25, -0.2) is 0 Å². The predicted octanol–water partition coefficient (Wildman–Crippen LogP) is 3.30. The molecule has 3 nitrogen and oxygen atoms in total. The molecule has 1 aromatic heterocycles. The third-order valence-corrected chi connectivity index (χ3v) is 4.16. The lowest BCUT2D eigenvalue weighted by atomic mass is 10.1. The van der Waals surface area contributed by atoms with E-state index in [-0.39, 0.29) is 5.91 Å². The third-order valence-electron chi connectivity index (χ3n) is 4.16. The van der Waals surface area contributed by atoms with Gasteiger partial charge in [0, 0.05) is 23.9 Å². The molecule has 2 heterocycles. The number of hydrogen-bond acceptors (Lipinski definition) is 1. The number of aromatic amines is 1. The molecule has 1 aliphatic heterocycles. The van der Waals surface area contributed by atoms with E-state index in [1.54, 1.807) is 0 Å². The second-order valence-electron chi connectivity index (χ2n) is 5.50. The second-order valence-corrected chi connectivity index (χ2v) is 5.50. The summed E-state index contributed by atoms with van der Waals surface area (Å²) in [5.74, 6) is 0.176. The van der Waals surface area contributed by atoms with Crippen LogP contribution in [0, 0.1) is 0 Å². The van der Waals surface area contributed by atoms with E-state index in [9.17, 15) is 4.79 Å². The van der Waals surface area contributed by atoms with Crippen LogP contribution in [0.4, 0.5) is 5.69 Å². The Hall–Kier alpha value is -2.55. The van der Waals surface area contributed by atoms with Gasteiger partial charge < -0.3 is 9.88 Å². The van der Waals surface area contributed by atoms with Gasteiger partial charge in [0.2, 0.25) is 5.91 Å². The molecule has 3 aromatic rings. The van der Waals surface area contributed by atoms with Crippen molar-refractivity contribution in [2.75, 3.05) is 11.4 Å². The average molecular weight is 276 g/mol. The molecular formula is C18H16N2O. The quantitative estimate of drug-likeness (QED) is 0.766. The highest BCUT2D eigenvalue weighted by Gasteiger charge is 2.23. The molecule has 0 saturated heterocycles. The number of carbonyl (C=O) groups excluding carboxylic acids is 1. The normalized spacial score (nSPS) is 13.6. The number of nitrogens with zero attached hydrogens (tertiary/aromatic N) is 1. The van der Waals surface area contributed by atoms with Crippen molar-refractivity contribution in [1.29, 1.82) is 0 Å². The molecule has 21 heavy (non-hydrogen) atoms. The number of rotatable bonds is 2. The predicted molar refractivity (Wildman–Crippen MR) is 84.5 cm³/mol. The Bertz CT molecular complexity index is 819.